The van der Waals surface area contributed by atoms with Crippen LogP contribution in [-0.4, -0.2) is 11.6 Å². The molecule has 2 aliphatic rings. The Balaban J connectivity index is 1.65. The molecule has 2 nitrogen and oxygen atoms in total. The number of hydrogen-bond acceptors (Lipinski definition) is 2. The van der Waals surface area contributed by atoms with Crippen LogP contribution in [0.3, 0.4) is 0 Å². The molecular weight excluding hydrogens is 320 g/mol. The highest BCUT2D eigenvalue weighted by Crippen LogP contribution is 2.51. The van der Waals surface area contributed by atoms with Crippen LogP contribution in [0.25, 0.3) is 21.5 Å². The van der Waals surface area contributed by atoms with Crippen molar-refractivity contribution in [1.29, 1.82) is 0 Å². The van der Waals surface area contributed by atoms with Gasteiger partial charge >= 0.3 is 0 Å². The smallest absolute Gasteiger partial charge is 0.172 e. The normalized spacial score (nSPS) is 20.5. The van der Waals surface area contributed by atoms with Gasteiger partial charge in [0, 0.05) is 11.1 Å². The van der Waals surface area contributed by atoms with Gasteiger partial charge in [0.1, 0.15) is 0 Å². The maximum Gasteiger partial charge on any atom is 0.172 e. The molecule has 122 valence electrons. The predicted octanol–water partition coefficient (Wildman–Crippen LogP) is 5.25. The molecular formula is C24H14O2. The Morgan fingerprint density at radius 3 is 1.31 bits per heavy atom. The molecule has 26 heavy (non-hydrogen) atoms. The number of ketones is 2. The lowest BCUT2D eigenvalue weighted by atomic mass is 9.81. The Kier molecular flexibility index (Phi) is 2.51. The van der Waals surface area contributed by atoms with Gasteiger partial charge in [0.2, 0.25) is 0 Å². The highest BCUT2D eigenvalue weighted by atomic mass is 16.1. The molecule has 4 aromatic rings. The van der Waals surface area contributed by atoms with Crippen LogP contribution < -0.4 is 0 Å². The van der Waals surface area contributed by atoms with Crippen molar-refractivity contribution in [3.8, 4) is 0 Å². The van der Waals surface area contributed by atoms with Crippen molar-refractivity contribution in [3.63, 3.8) is 0 Å². The quantitative estimate of drug-likeness (QED) is 0.476. The summed E-state index contributed by atoms with van der Waals surface area (Å²) in [5, 5.41) is 4.16. The molecule has 0 aliphatic heterocycles. The van der Waals surface area contributed by atoms with Gasteiger partial charge in [0.15, 0.2) is 11.6 Å². The van der Waals surface area contributed by atoms with Crippen molar-refractivity contribution >= 4 is 33.1 Å². The van der Waals surface area contributed by atoms with Crippen molar-refractivity contribution in [1.82, 2.24) is 0 Å². The summed E-state index contributed by atoms with van der Waals surface area (Å²) in [5.41, 5.74) is 3.48. The van der Waals surface area contributed by atoms with E-state index in [4.69, 9.17) is 0 Å². The summed E-state index contributed by atoms with van der Waals surface area (Å²) in [6.07, 6.45) is 0. The largest absolute Gasteiger partial charge is 0.293 e. The van der Waals surface area contributed by atoms with Gasteiger partial charge in [0.25, 0.3) is 0 Å². The molecule has 0 spiro atoms. The number of hydrogen-bond donors (Lipinski definition) is 0. The average Bonchev–Trinajstić information content (AvgIpc) is 3.11. The first kappa shape index (κ1) is 14.0. The molecule has 2 heteroatoms. The van der Waals surface area contributed by atoms with Gasteiger partial charge in [-0.3, -0.25) is 9.59 Å². The third kappa shape index (κ3) is 1.53. The molecule has 2 unspecified atom stereocenters. The maximum atomic E-state index is 13.3. The van der Waals surface area contributed by atoms with Crippen LogP contribution >= 0.6 is 0 Å². The second kappa shape index (κ2) is 4.67. The van der Waals surface area contributed by atoms with Crippen LogP contribution in [0.2, 0.25) is 0 Å². The van der Waals surface area contributed by atoms with Crippen molar-refractivity contribution in [2.24, 2.45) is 0 Å². The number of Topliss-reactive ketones (excluding diaryl/α,β-unsaturated/α-hetero) is 2. The van der Waals surface area contributed by atoms with E-state index in [0.29, 0.717) is 0 Å². The molecule has 0 heterocycles. The van der Waals surface area contributed by atoms with E-state index in [1.54, 1.807) is 0 Å². The van der Waals surface area contributed by atoms with Gasteiger partial charge in [0.05, 0.1) is 11.8 Å². The molecule has 0 aromatic heterocycles. The van der Waals surface area contributed by atoms with Gasteiger partial charge in [-0.15, -0.1) is 0 Å². The fourth-order valence-corrected chi connectivity index (χ4v) is 4.95. The van der Waals surface area contributed by atoms with E-state index in [2.05, 4.69) is 0 Å². The lowest BCUT2D eigenvalue weighted by molar-refractivity contribution is 0.0880. The van der Waals surface area contributed by atoms with E-state index < -0.39 is 11.8 Å². The molecule has 4 aromatic carbocycles. The fourth-order valence-electron chi connectivity index (χ4n) is 4.95. The zero-order valence-electron chi connectivity index (χ0n) is 13.9. The van der Waals surface area contributed by atoms with E-state index in [-0.39, 0.29) is 11.6 Å². The van der Waals surface area contributed by atoms with Crippen molar-refractivity contribution < 1.29 is 9.59 Å². The van der Waals surface area contributed by atoms with E-state index in [1.807, 2.05) is 72.8 Å². The monoisotopic (exact) mass is 334 g/mol. The Hall–Kier alpha value is -3.26. The first-order chi connectivity index (χ1) is 12.8. The average molecular weight is 334 g/mol. The van der Waals surface area contributed by atoms with Crippen LogP contribution in [0.5, 0.6) is 0 Å². The number of benzene rings is 4. The van der Waals surface area contributed by atoms with Gasteiger partial charge < -0.3 is 0 Å². The zero-order valence-corrected chi connectivity index (χ0v) is 13.9. The summed E-state index contributed by atoms with van der Waals surface area (Å²) in [4.78, 5) is 26.7. The minimum Gasteiger partial charge on any atom is -0.293 e. The summed E-state index contributed by atoms with van der Waals surface area (Å²) in [6.45, 7) is 0. The van der Waals surface area contributed by atoms with E-state index >= 15 is 0 Å². The molecule has 2 atom stereocenters. The van der Waals surface area contributed by atoms with Crippen LogP contribution in [0.1, 0.15) is 43.7 Å². The number of rotatable bonds is 1. The van der Waals surface area contributed by atoms with Gasteiger partial charge in [-0.25, -0.2) is 0 Å². The maximum absolute atomic E-state index is 13.3. The molecule has 0 N–H and O–H groups in total. The second-order valence-corrected chi connectivity index (χ2v) is 7.19. The predicted molar refractivity (Wildman–Crippen MR) is 102 cm³/mol. The first-order valence-corrected chi connectivity index (χ1v) is 8.87. The van der Waals surface area contributed by atoms with Crippen molar-refractivity contribution in [3.05, 3.63) is 95.1 Å². The van der Waals surface area contributed by atoms with E-state index in [1.165, 1.54) is 0 Å². The minimum atomic E-state index is -0.429. The number of carbonyl (C=O) groups is 2. The summed E-state index contributed by atoms with van der Waals surface area (Å²) in [5.74, 6) is -0.719. The summed E-state index contributed by atoms with van der Waals surface area (Å²) >= 11 is 0. The van der Waals surface area contributed by atoms with Gasteiger partial charge in [-0.1, -0.05) is 72.8 Å². The van der Waals surface area contributed by atoms with Crippen molar-refractivity contribution in [2.75, 3.05) is 0 Å². The summed E-state index contributed by atoms with van der Waals surface area (Å²) in [6, 6.07) is 23.8. The summed E-state index contributed by atoms with van der Waals surface area (Å²) in [7, 11) is 0. The molecule has 2 aliphatic carbocycles. The highest BCUT2D eigenvalue weighted by Gasteiger charge is 2.45. The van der Waals surface area contributed by atoms with Crippen LogP contribution in [-0.2, 0) is 0 Å². The minimum absolute atomic E-state index is 0.0694. The highest BCUT2D eigenvalue weighted by molar-refractivity contribution is 6.25. The molecule has 0 saturated heterocycles. The fraction of sp³-hybridized carbons (Fsp3) is 0.0833. The molecule has 0 fully saturated rings. The zero-order chi connectivity index (χ0) is 17.4. The van der Waals surface area contributed by atoms with E-state index in [9.17, 15) is 9.59 Å². The molecule has 0 amide bonds. The van der Waals surface area contributed by atoms with E-state index in [0.717, 1.165) is 43.8 Å². The Morgan fingerprint density at radius 1 is 0.500 bits per heavy atom. The van der Waals surface area contributed by atoms with Crippen LogP contribution in [0.15, 0.2) is 72.8 Å². The summed E-state index contributed by atoms with van der Waals surface area (Å²) < 4.78 is 0. The van der Waals surface area contributed by atoms with Gasteiger partial charge in [-0.05, 0) is 32.7 Å². The molecule has 0 bridgehead atoms. The molecule has 0 radical (unpaired) electrons. The topological polar surface area (TPSA) is 34.1 Å². The Morgan fingerprint density at radius 2 is 0.885 bits per heavy atom. The third-order valence-electron chi connectivity index (χ3n) is 5.97. The SMILES string of the molecule is O=C1c2cccc3cccc(c23)C1C1C(=O)c2cccc3cccc1c23. The first-order valence-electron chi connectivity index (χ1n) is 8.87. The third-order valence-corrected chi connectivity index (χ3v) is 5.97. The number of carbonyl (C=O) groups excluding carboxylic acids is 2. The molecule has 0 saturated carbocycles. The Labute approximate surface area is 150 Å². The van der Waals surface area contributed by atoms with Crippen molar-refractivity contribution in [2.45, 2.75) is 11.8 Å². The standard InChI is InChI=1S/C24H14O2/c25-23-17-11-3-7-13-5-1-9-15(19(13)17)21(23)22-16-10-2-6-14-8-4-12-18(20(14)16)24(22)26/h1-12,21-22H. The lowest BCUT2D eigenvalue weighted by Gasteiger charge is -2.19. The second-order valence-electron chi connectivity index (χ2n) is 7.19. The van der Waals surface area contributed by atoms with Crippen LogP contribution in [0.4, 0.5) is 0 Å². The van der Waals surface area contributed by atoms with Gasteiger partial charge in [-0.2, -0.15) is 0 Å². The Bertz CT molecular complexity index is 1170. The lowest BCUT2D eigenvalue weighted by Crippen LogP contribution is -2.20. The molecule has 6 rings (SSSR count). The van der Waals surface area contributed by atoms with Crippen LogP contribution in [0, 0.1) is 0 Å².